The van der Waals surface area contributed by atoms with Gasteiger partial charge in [-0.05, 0) is 58.7 Å². The fourth-order valence-corrected chi connectivity index (χ4v) is 3.01. The first-order chi connectivity index (χ1) is 14.2. The lowest BCUT2D eigenvalue weighted by Gasteiger charge is -2.12. The minimum Gasteiger partial charge on any atom is -0.478 e. The summed E-state index contributed by atoms with van der Waals surface area (Å²) in [6.07, 6.45) is 0. The summed E-state index contributed by atoms with van der Waals surface area (Å²) in [6.45, 7) is 0. The molecule has 0 aliphatic rings. The lowest BCUT2D eigenvalue weighted by Crippen LogP contribution is -2.05. The zero-order chi connectivity index (χ0) is 22.0. The van der Waals surface area contributed by atoms with E-state index >= 15 is 0 Å². The van der Waals surface area contributed by atoms with Crippen molar-refractivity contribution < 1.29 is 39.6 Å². The second-order valence-electron chi connectivity index (χ2n) is 6.36. The molecule has 0 saturated carbocycles. The monoisotopic (exact) mass is 406 g/mol. The molecule has 0 saturated heterocycles. The average molecular weight is 406 g/mol. The van der Waals surface area contributed by atoms with Crippen molar-refractivity contribution in [2.24, 2.45) is 0 Å². The molecule has 8 nitrogen and oxygen atoms in total. The maximum atomic E-state index is 11.9. The second-order valence-corrected chi connectivity index (χ2v) is 6.36. The van der Waals surface area contributed by atoms with E-state index in [-0.39, 0.29) is 33.4 Å². The number of hydrogen-bond acceptors (Lipinski definition) is 4. The number of benzene rings is 3. The molecule has 8 heteroatoms. The van der Waals surface area contributed by atoms with Gasteiger partial charge in [0.2, 0.25) is 0 Å². The summed E-state index contributed by atoms with van der Waals surface area (Å²) in [5.41, 5.74) is 0.433. The molecule has 0 aliphatic carbocycles. The number of carbonyl (C=O) groups is 4. The van der Waals surface area contributed by atoms with Crippen LogP contribution in [0.2, 0.25) is 0 Å². The lowest BCUT2D eigenvalue weighted by atomic mass is 9.92. The van der Waals surface area contributed by atoms with Gasteiger partial charge in [-0.2, -0.15) is 0 Å². The molecule has 0 heterocycles. The first kappa shape index (κ1) is 20.3. The van der Waals surface area contributed by atoms with Crippen LogP contribution in [-0.4, -0.2) is 44.3 Å². The van der Waals surface area contributed by atoms with Gasteiger partial charge in [0.15, 0.2) is 0 Å². The smallest absolute Gasteiger partial charge is 0.336 e. The van der Waals surface area contributed by atoms with Crippen LogP contribution in [0, 0.1) is 0 Å². The molecule has 3 aromatic carbocycles. The van der Waals surface area contributed by atoms with Crippen LogP contribution in [-0.2, 0) is 0 Å². The fraction of sp³-hybridized carbons (Fsp3) is 0. The van der Waals surface area contributed by atoms with Gasteiger partial charge in [0, 0.05) is 0 Å². The van der Waals surface area contributed by atoms with Gasteiger partial charge < -0.3 is 20.4 Å². The third-order valence-corrected chi connectivity index (χ3v) is 4.43. The first-order valence-electron chi connectivity index (χ1n) is 8.50. The molecular formula is C22H14O8. The fourth-order valence-electron chi connectivity index (χ4n) is 3.01. The molecule has 3 rings (SSSR count). The van der Waals surface area contributed by atoms with Crippen molar-refractivity contribution in [1.82, 2.24) is 0 Å². The Morgan fingerprint density at radius 1 is 0.500 bits per heavy atom. The van der Waals surface area contributed by atoms with Crippen molar-refractivity contribution in [3.8, 4) is 22.3 Å². The van der Waals surface area contributed by atoms with Crippen LogP contribution in [0.3, 0.4) is 0 Å². The van der Waals surface area contributed by atoms with Gasteiger partial charge in [-0.3, -0.25) is 0 Å². The van der Waals surface area contributed by atoms with Gasteiger partial charge in [-0.15, -0.1) is 0 Å². The Kier molecular flexibility index (Phi) is 5.33. The summed E-state index contributed by atoms with van der Waals surface area (Å²) in [6, 6.07) is 13.6. The zero-order valence-corrected chi connectivity index (χ0v) is 15.2. The highest BCUT2D eigenvalue weighted by atomic mass is 16.4. The molecule has 150 valence electrons. The highest BCUT2D eigenvalue weighted by Crippen LogP contribution is 2.31. The summed E-state index contributed by atoms with van der Waals surface area (Å²) in [7, 11) is 0. The van der Waals surface area contributed by atoms with Crippen molar-refractivity contribution >= 4 is 23.9 Å². The highest BCUT2D eigenvalue weighted by Gasteiger charge is 2.18. The van der Waals surface area contributed by atoms with E-state index in [4.69, 9.17) is 5.11 Å². The van der Waals surface area contributed by atoms with E-state index in [0.717, 1.165) is 6.07 Å². The molecule has 0 amide bonds. The van der Waals surface area contributed by atoms with Gasteiger partial charge in [-0.1, -0.05) is 24.3 Å². The Labute approximate surface area is 169 Å². The second kappa shape index (κ2) is 7.88. The molecule has 0 fully saturated rings. The molecule has 3 aromatic rings. The van der Waals surface area contributed by atoms with Crippen molar-refractivity contribution in [3.63, 3.8) is 0 Å². The molecule has 0 spiro atoms. The van der Waals surface area contributed by atoms with Gasteiger partial charge >= 0.3 is 23.9 Å². The third kappa shape index (κ3) is 4.02. The minimum atomic E-state index is -1.35. The minimum absolute atomic E-state index is 0.0358. The van der Waals surface area contributed by atoms with Crippen LogP contribution in [0.15, 0.2) is 60.7 Å². The molecule has 0 unspecified atom stereocenters. The van der Waals surface area contributed by atoms with E-state index in [9.17, 15) is 34.5 Å². The van der Waals surface area contributed by atoms with E-state index in [0.29, 0.717) is 11.1 Å². The van der Waals surface area contributed by atoms with E-state index < -0.39 is 23.9 Å². The van der Waals surface area contributed by atoms with Crippen LogP contribution >= 0.6 is 0 Å². The maximum Gasteiger partial charge on any atom is 0.336 e. The molecule has 0 radical (unpaired) electrons. The topological polar surface area (TPSA) is 149 Å². The molecule has 30 heavy (non-hydrogen) atoms. The molecule has 4 N–H and O–H groups in total. The van der Waals surface area contributed by atoms with Gasteiger partial charge in [0.25, 0.3) is 0 Å². The standard InChI is InChI=1S/C22H14O8/c23-19(24)13-3-1-2-11(6-13)12-4-5-17(18(10-12)22(29)30)14-7-15(20(25)26)9-16(8-14)21(27)28/h1-10H,(H,23,24)(H,25,26)(H,27,28)(H,29,30). The number of hydrogen-bond donors (Lipinski definition) is 4. The summed E-state index contributed by atoms with van der Waals surface area (Å²) >= 11 is 0. The maximum absolute atomic E-state index is 11.9. The third-order valence-electron chi connectivity index (χ3n) is 4.43. The summed E-state index contributed by atoms with van der Waals surface area (Å²) in [5, 5.41) is 37.3. The van der Waals surface area contributed by atoms with Gasteiger partial charge in [0.1, 0.15) is 0 Å². The predicted molar refractivity (Wildman–Crippen MR) is 105 cm³/mol. The summed E-state index contributed by atoms with van der Waals surface area (Å²) in [4.78, 5) is 45.7. The Hall–Kier alpha value is -4.46. The predicted octanol–water partition coefficient (Wildman–Crippen LogP) is 3.81. The van der Waals surface area contributed by atoms with Gasteiger partial charge in [0.05, 0.1) is 22.3 Å². The van der Waals surface area contributed by atoms with Crippen LogP contribution in [0.5, 0.6) is 0 Å². The van der Waals surface area contributed by atoms with Crippen LogP contribution < -0.4 is 0 Å². The zero-order valence-electron chi connectivity index (χ0n) is 15.2. The molecule has 0 aliphatic heterocycles. The summed E-state index contributed by atoms with van der Waals surface area (Å²) < 4.78 is 0. The van der Waals surface area contributed by atoms with E-state index in [1.54, 1.807) is 12.1 Å². The number of carboxylic acids is 4. The number of aromatic carboxylic acids is 4. The quantitative estimate of drug-likeness (QED) is 0.483. The van der Waals surface area contributed by atoms with Crippen LogP contribution in [0.1, 0.15) is 41.4 Å². The molecule has 0 atom stereocenters. The molecular weight excluding hydrogens is 392 g/mol. The number of carboxylic acid groups (broad SMARTS) is 4. The Morgan fingerprint density at radius 3 is 1.57 bits per heavy atom. The average Bonchev–Trinajstić information content (AvgIpc) is 2.72. The largest absolute Gasteiger partial charge is 0.478 e. The Morgan fingerprint density at radius 2 is 1.03 bits per heavy atom. The van der Waals surface area contributed by atoms with Crippen LogP contribution in [0.4, 0.5) is 0 Å². The van der Waals surface area contributed by atoms with Crippen molar-refractivity contribution in [2.75, 3.05) is 0 Å². The SMILES string of the molecule is O=C(O)c1cccc(-c2ccc(-c3cc(C(=O)O)cc(C(=O)O)c3)c(C(=O)O)c2)c1. The van der Waals surface area contributed by atoms with E-state index in [2.05, 4.69) is 0 Å². The van der Waals surface area contributed by atoms with E-state index in [1.165, 1.54) is 42.5 Å². The summed E-state index contributed by atoms with van der Waals surface area (Å²) in [5.74, 6) is -5.13. The van der Waals surface area contributed by atoms with Crippen LogP contribution in [0.25, 0.3) is 22.3 Å². The van der Waals surface area contributed by atoms with Crippen molar-refractivity contribution in [1.29, 1.82) is 0 Å². The number of rotatable bonds is 6. The normalized spacial score (nSPS) is 10.4. The highest BCUT2D eigenvalue weighted by molar-refractivity contribution is 6.01. The van der Waals surface area contributed by atoms with E-state index in [1.807, 2.05) is 0 Å². The first-order valence-corrected chi connectivity index (χ1v) is 8.50. The molecule has 0 aromatic heterocycles. The Balaban J connectivity index is 2.19. The Bertz CT molecular complexity index is 1180. The van der Waals surface area contributed by atoms with Crippen molar-refractivity contribution in [2.45, 2.75) is 0 Å². The lowest BCUT2D eigenvalue weighted by molar-refractivity contribution is 0.0681. The van der Waals surface area contributed by atoms with Crippen molar-refractivity contribution in [3.05, 3.63) is 82.9 Å². The molecule has 0 bridgehead atoms. The van der Waals surface area contributed by atoms with Gasteiger partial charge in [-0.25, -0.2) is 19.2 Å².